The van der Waals surface area contributed by atoms with Gasteiger partial charge in [0.2, 0.25) is 0 Å². The minimum absolute atomic E-state index is 0. The van der Waals surface area contributed by atoms with Crippen LogP contribution < -0.4 is 15.3 Å². The maximum Gasteiger partial charge on any atom is 3.00 e. The minimum Gasteiger partial charge on any atom is -0.545 e. The van der Waals surface area contributed by atoms with Gasteiger partial charge in [-0.25, -0.2) is 24.4 Å². The summed E-state index contributed by atoms with van der Waals surface area (Å²) in [6.07, 6.45) is 0. The average Bonchev–Trinajstić information content (AvgIpc) is 3.90. The van der Waals surface area contributed by atoms with Crippen molar-refractivity contribution in [3.05, 3.63) is 121 Å². The van der Waals surface area contributed by atoms with Gasteiger partial charge < -0.3 is 58.3 Å². The van der Waals surface area contributed by atoms with Crippen LogP contribution in [0.2, 0.25) is 0 Å². The second-order valence-electron chi connectivity index (χ2n) is 16.8. The maximum atomic E-state index is 12.4. The first-order valence-corrected chi connectivity index (χ1v) is 21.4. The Balaban J connectivity index is 0.00000804. The summed E-state index contributed by atoms with van der Waals surface area (Å²) < 4.78 is 17.5. The molecule has 7 heterocycles. The van der Waals surface area contributed by atoms with E-state index in [1.165, 1.54) is 52.8 Å². The molecule has 3 N–H and O–H groups in total. The molecule has 364 valence electrons. The van der Waals surface area contributed by atoms with E-state index in [1.54, 1.807) is 25.1 Å². The molecule has 0 atom stereocenters. The Labute approximate surface area is 439 Å². The molecule has 0 spiro atoms. The third kappa shape index (κ3) is 11.4. The third-order valence-electron chi connectivity index (χ3n) is 12.0. The van der Waals surface area contributed by atoms with Crippen molar-refractivity contribution in [2.45, 2.75) is 61.2 Å². The van der Waals surface area contributed by atoms with Crippen LogP contribution in [-0.4, -0.2) is 120 Å². The smallest absolute Gasteiger partial charge is 0.545 e. The number of carbonyl (C=O) groups excluding carboxylic acids is 3. The number of carbonyl (C=O) groups is 6. The largest absolute Gasteiger partial charge is 3.00 e. The Morgan fingerprint density at radius 3 is 1.00 bits per heavy atom. The quantitative estimate of drug-likeness (QED) is 0.133. The van der Waals surface area contributed by atoms with Gasteiger partial charge in [-0.2, -0.15) is 0 Å². The Kier molecular flexibility index (Phi) is 16.4. The zero-order chi connectivity index (χ0) is 50.2. The van der Waals surface area contributed by atoms with Crippen LogP contribution in [0.1, 0.15) is 114 Å². The van der Waals surface area contributed by atoms with Gasteiger partial charge >= 0.3 is 67.3 Å². The van der Waals surface area contributed by atoms with Gasteiger partial charge in [-0.15, -0.1) is 0 Å². The zero-order valence-electron chi connectivity index (χ0n) is 38.6. The summed E-state index contributed by atoms with van der Waals surface area (Å²) in [5.41, 5.74) is 1.09. The van der Waals surface area contributed by atoms with E-state index >= 15 is 0 Å². The summed E-state index contributed by atoms with van der Waals surface area (Å²) in [4.78, 5) is 92.1. The number of nitrogens with zero attached hydrogens (tertiary/aromatic N) is 6. The molecule has 6 aromatic rings. The van der Waals surface area contributed by atoms with Gasteiger partial charge in [0.15, 0.2) is 0 Å². The number of aromatic nitrogens is 3. The summed E-state index contributed by atoms with van der Waals surface area (Å²) in [5, 5.41) is 66.1. The predicted molar refractivity (Wildman–Crippen MR) is 234 cm³/mol. The molecule has 1 saturated heterocycles. The van der Waals surface area contributed by atoms with Crippen LogP contribution in [0.15, 0.2) is 49.6 Å². The molecule has 21 nitrogen and oxygen atoms in total. The molecule has 0 aromatic carbocycles. The second-order valence-corrected chi connectivity index (χ2v) is 16.8. The molecule has 0 bridgehead atoms. The summed E-state index contributed by atoms with van der Waals surface area (Å²) in [5.74, 6) is -7.66. The summed E-state index contributed by atoms with van der Waals surface area (Å²) in [6.45, 7) is 11.3. The number of carboxylic acid groups (broad SMARTS) is 6. The SMILES string of the molecule is Cc1oc(-c2cc(CN3CCN(Cc4cc(-c5oc(C)c(C(=O)[O-])c5C)cc(C(=O)O)n4)CCN(Cc4cc(-c5oc(C)c(C(=O)O)c5C)cc(C(=O)O)n4)CC3)nc(C(=O)[O-])c2)c(C)c1C(=O)[O-].[Eu+3]. The van der Waals surface area contributed by atoms with Crippen molar-refractivity contribution in [3.8, 4) is 34.0 Å². The Bertz CT molecular complexity index is 2750. The third-order valence-corrected chi connectivity index (χ3v) is 12.0. The first-order chi connectivity index (χ1) is 32.6. The maximum absolute atomic E-state index is 12.4. The first-order valence-electron chi connectivity index (χ1n) is 21.4. The van der Waals surface area contributed by atoms with Crippen molar-refractivity contribution in [1.82, 2.24) is 29.7 Å². The Morgan fingerprint density at radius 1 is 0.457 bits per heavy atom. The molecule has 7 rings (SSSR count). The van der Waals surface area contributed by atoms with Crippen LogP contribution in [0.4, 0.5) is 0 Å². The van der Waals surface area contributed by atoms with E-state index in [2.05, 4.69) is 15.0 Å². The van der Waals surface area contributed by atoms with Gasteiger partial charge in [-0.05, 0) is 77.9 Å². The average molecular weight is 1100 g/mol. The zero-order valence-corrected chi connectivity index (χ0v) is 41.1. The molecule has 1 aliphatic heterocycles. The summed E-state index contributed by atoms with van der Waals surface area (Å²) in [7, 11) is 0. The molecule has 22 heteroatoms. The van der Waals surface area contributed by atoms with E-state index in [0.717, 1.165) is 0 Å². The van der Waals surface area contributed by atoms with E-state index in [9.17, 15) is 59.4 Å². The number of rotatable bonds is 15. The van der Waals surface area contributed by atoms with Crippen molar-refractivity contribution in [3.63, 3.8) is 0 Å². The molecule has 6 aromatic heterocycles. The van der Waals surface area contributed by atoms with E-state index in [-0.39, 0.29) is 160 Å². The van der Waals surface area contributed by atoms with Crippen LogP contribution >= 0.6 is 0 Å². The van der Waals surface area contributed by atoms with Crippen LogP contribution in [-0.2, 0) is 19.6 Å². The number of hydrogen-bond donors (Lipinski definition) is 3. The molecule has 70 heavy (non-hydrogen) atoms. The van der Waals surface area contributed by atoms with Gasteiger partial charge in [0.25, 0.3) is 0 Å². The molecule has 1 fully saturated rings. The van der Waals surface area contributed by atoms with Gasteiger partial charge in [0.05, 0.1) is 40.7 Å². The van der Waals surface area contributed by atoms with E-state index in [4.69, 9.17) is 13.3 Å². The number of carboxylic acids is 6. The Morgan fingerprint density at radius 2 is 0.743 bits per heavy atom. The van der Waals surface area contributed by atoms with Crippen molar-refractivity contribution in [2.24, 2.45) is 0 Å². The second kappa shape index (κ2) is 21.7. The van der Waals surface area contributed by atoms with Gasteiger partial charge in [-0.1, -0.05) is 0 Å². The molecule has 0 unspecified atom stereocenters. The van der Waals surface area contributed by atoms with Crippen molar-refractivity contribution in [2.75, 3.05) is 39.3 Å². The van der Waals surface area contributed by atoms with Crippen molar-refractivity contribution < 1.29 is 122 Å². The van der Waals surface area contributed by atoms with Crippen LogP contribution in [0.25, 0.3) is 34.0 Å². The number of aryl methyl sites for hydroxylation is 3. The van der Waals surface area contributed by atoms with Gasteiger partial charge in [0.1, 0.15) is 51.5 Å². The fourth-order valence-electron chi connectivity index (χ4n) is 8.77. The first kappa shape index (κ1) is 52.9. The van der Waals surface area contributed by atoms with Crippen molar-refractivity contribution >= 4 is 35.8 Å². The molecule has 0 aliphatic carbocycles. The number of hydrogen-bond acceptors (Lipinski definition) is 18. The standard InChI is InChI=1S/C48H48N6O15.Eu/c1-22-37(46(61)62)25(4)67-40(22)28-13-31(49-34(16-28)43(55)56)19-52-7-9-53(20-32-14-29(17-35(50-32)44(57)58)41-23(2)38(47(63)64)26(5)68-41)11-12-54(10-8-52)21-33-15-30(18-36(51-33)45(59)60)42-24(3)39(48(65)66)27(6)69-42;/h13-18H,7-12,19-21H2,1-6H3,(H,55,56)(H,57,58)(H,59,60)(H,61,62)(H,63,64)(H,65,66);/q;+3/p-3. The number of aromatic carboxylic acids is 6. The molecule has 1 aliphatic rings. The summed E-state index contributed by atoms with van der Waals surface area (Å²) >= 11 is 0. The number of furan rings is 3. The molecule has 0 radical (unpaired) electrons. The van der Waals surface area contributed by atoms with Crippen LogP contribution in [0.3, 0.4) is 0 Å². The topological polar surface area (TPSA) is 320 Å². The van der Waals surface area contributed by atoms with Gasteiger partial charge in [-0.3, -0.25) is 19.7 Å². The van der Waals surface area contributed by atoms with Gasteiger partial charge in [0, 0.05) is 103 Å². The normalized spacial score (nSPS) is 13.8. The molecule has 0 amide bonds. The Hall–Kier alpha value is -6.43. The predicted octanol–water partition coefficient (Wildman–Crippen LogP) is 2.51. The van der Waals surface area contributed by atoms with Crippen LogP contribution in [0, 0.1) is 90.9 Å². The van der Waals surface area contributed by atoms with E-state index in [0.29, 0.717) is 61.8 Å². The fraction of sp³-hybridized carbons (Fsp3) is 0.312. The monoisotopic (exact) mass is 1100 g/mol. The molecular formula is C48H45EuN6O15. The van der Waals surface area contributed by atoms with Crippen LogP contribution in [0.5, 0.6) is 0 Å². The van der Waals surface area contributed by atoms with E-state index in [1.807, 2.05) is 14.7 Å². The fourth-order valence-corrected chi connectivity index (χ4v) is 8.77. The number of pyridine rings is 3. The van der Waals surface area contributed by atoms with E-state index < -0.39 is 41.5 Å². The molecular weight excluding hydrogens is 1050 g/mol. The van der Waals surface area contributed by atoms with Crippen molar-refractivity contribution in [1.29, 1.82) is 0 Å². The summed E-state index contributed by atoms with van der Waals surface area (Å²) in [6, 6.07) is 8.63. The molecule has 0 saturated carbocycles. The minimum atomic E-state index is -1.58.